The molecule has 0 aromatic heterocycles. The second-order valence-corrected chi connectivity index (χ2v) is 9.29. The van der Waals surface area contributed by atoms with Gasteiger partial charge in [-0.3, -0.25) is 4.79 Å². The third-order valence-electron chi connectivity index (χ3n) is 5.74. The number of carbonyl (C=O) groups excluding carboxylic acids is 1. The Morgan fingerprint density at radius 1 is 1.15 bits per heavy atom. The highest BCUT2D eigenvalue weighted by atomic mass is 35.5. The van der Waals surface area contributed by atoms with Gasteiger partial charge in [0.15, 0.2) is 0 Å². The standard InChI is InChI=1S/C19H24Cl2N2OS.ClH/c20-17-9-13-3-4-15(16(13)10-18(17)21)19(24)23-7-8-25-12-14(23)11-22-5-1-2-6-22;/h9-10,14-15H,1-8,11-12H2;1H. The minimum Gasteiger partial charge on any atom is -0.336 e. The molecule has 1 aromatic rings. The Labute approximate surface area is 176 Å². The summed E-state index contributed by atoms with van der Waals surface area (Å²) < 4.78 is 0. The van der Waals surface area contributed by atoms with Crippen LogP contribution in [0.1, 0.15) is 36.3 Å². The maximum Gasteiger partial charge on any atom is 0.230 e. The number of amides is 1. The van der Waals surface area contributed by atoms with E-state index < -0.39 is 0 Å². The summed E-state index contributed by atoms with van der Waals surface area (Å²) in [7, 11) is 0. The molecule has 144 valence electrons. The van der Waals surface area contributed by atoms with E-state index in [2.05, 4.69) is 9.80 Å². The van der Waals surface area contributed by atoms with Gasteiger partial charge in [0, 0.05) is 24.6 Å². The molecule has 2 heterocycles. The predicted octanol–water partition coefficient (Wildman–Crippen LogP) is 4.48. The van der Waals surface area contributed by atoms with Gasteiger partial charge in [0.05, 0.1) is 22.0 Å². The minimum absolute atomic E-state index is 0. The van der Waals surface area contributed by atoms with Gasteiger partial charge >= 0.3 is 0 Å². The number of rotatable bonds is 3. The maximum absolute atomic E-state index is 13.4. The summed E-state index contributed by atoms with van der Waals surface area (Å²) in [5.74, 6) is 2.35. The van der Waals surface area contributed by atoms with E-state index in [1.165, 1.54) is 31.5 Å². The summed E-state index contributed by atoms with van der Waals surface area (Å²) in [5, 5.41) is 1.15. The highest BCUT2D eigenvalue weighted by Crippen LogP contribution is 2.39. The van der Waals surface area contributed by atoms with Crippen LogP contribution in [0.5, 0.6) is 0 Å². The summed E-state index contributed by atoms with van der Waals surface area (Å²) in [6.45, 7) is 4.27. The highest BCUT2D eigenvalue weighted by molar-refractivity contribution is 7.99. The van der Waals surface area contributed by atoms with Crippen molar-refractivity contribution in [3.63, 3.8) is 0 Å². The Morgan fingerprint density at radius 3 is 2.65 bits per heavy atom. The molecule has 26 heavy (non-hydrogen) atoms. The van der Waals surface area contributed by atoms with E-state index >= 15 is 0 Å². The largest absolute Gasteiger partial charge is 0.336 e. The van der Waals surface area contributed by atoms with Crippen LogP contribution in [-0.2, 0) is 11.2 Å². The molecule has 2 aliphatic heterocycles. The summed E-state index contributed by atoms with van der Waals surface area (Å²) in [4.78, 5) is 18.1. The molecular formula is C19H25Cl3N2OS. The predicted molar refractivity (Wildman–Crippen MR) is 113 cm³/mol. The van der Waals surface area contributed by atoms with Crippen molar-refractivity contribution in [3.05, 3.63) is 33.3 Å². The van der Waals surface area contributed by atoms with Crippen LogP contribution in [-0.4, -0.2) is 59.4 Å². The van der Waals surface area contributed by atoms with Crippen molar-refractivity contribution in [3.8, 4) is 0 Å². The fourth-order valence-corrected chi connectivity index (χ4v) is 5.82. The maximum atomic E-state index is 13.4. The summed E-state index contributed by atoms with van der Waals surface area (Å²) in [6.07, 6.45) is 4.39. The van der Waals surface area contributed by atoms with Crippen LogP contribution in [0, 0.1) is 0 Å². The molecule has 3 nitrogen and oxygen atoms in total. The zero-order valence-electron chi connectivity index (χ0n) is 14.8. The van der Waals surface area contributed by atoms with E-state index in [4.69, 9.17) is 23.2 Å². The molecule has 1 aromatic carbocycles. The highest BCUT2D eigenvalue weighted by Gasteiger charge is 2.37. The molecule has 0 N–H and O–H groups in total. The van der Waals surface area contributed by atoms with Crippen molar-refractivity contribution in [1.82, 2.24) is 9.80 Å². The lowest BCUT2D eigenvalue weighted by atomic mass is 9.99. The Balaban J connectivity index is 0.00000196. The van der Waals surface area contributed by atoms with Gasteiger partial charge in [-0.15, -0.1) is 12.4 Å². The molecule has 2 saturated heterocycles. The SMILES string of the molecule is Cl.O=C(C1CCc2cc(Cl)c(Cl)cc21)N1CCSCC1CN1CCCC1. The van der Waals surface area contributed by atoms with Crippen molar-refractivity contribution in [2.75, 3.05) is 37.7 Å². The molecule has 7 heteroatoms. The lowest BCUT2D eigenvalue weighted by Gasteiger charge is -2.39. The lowest BCUT2D eigenvalue weighted by molar-refractivity contribution is -0.135. The molecule has 0 spiro atoms. The monoisotopic (exact) mass is 434 g/mol. The minimum atomic E-state index is -0.0473. The van der Waals surface area contributed by atoms with E-state index in [0.29, 0.717) is 22.0 Å². The van der Waals surface area contributed by atoms with Gasteiger partial charge in [-0.2, -0.15) is 11.8 Å². The van der Waals surface area contributed by atoms with Crippen LogP contribution >= 0.6 is 47.4 Å². The number of aryl methyl sites for hydroxylation is 1. The summed E-state index contributed by atoms with van der Waals surface area (Å²) >= 11 is 14.4. The number of benzene rings is 1. The van der Waals surface area contributed by atoms with Crippen LogP contribution in [0.25, 0.3) is 0 Å². The average Bonchev–Trinajstić information content (AvgIpc) is 3.25. The molecule has 0 radical (unpaired) electrons. The lowest BCUT2D eigenvalue weighted by Crippen LogP contribution is -2.52. The van der Waals surface area contributed by atoms with Crippen molar-refractivity contribution < 1.29 is 4.79 Å². The third kappa shape index (κ3) is 4.15. The molecule has 1 aliphatic carbocycles. The van der Waals surface area contributed by atoms with E-state index in [-0.39, 0.29) is 18.3 Å². The summed E-state index contributed by atoms with van der Waals surface area (Å²) in [6, 6.07) is 4.21. The van der Waals surface area contributed by atoms with Gasteiger partial charge in [0.25, 0.3) is 0 Å². The van der Waals surface area contributed by atoms with E-state index in [1.54, 1.807) is 0 Å². The normalized spacial score (nSPS) is 25.8. The smallest absolute Gasteiger partial charge is 0.230 e. The molecular weight excluding hydrogens is 411 g/mol. The summed E-state index contributed by atoms with van der Waals surface area (Å²) in [5.41, 5.74) is 2.28. The first kappa shape index (κ1) is 20.6. The van der Waals surface area contributed by atoms with Crippen LogP contribution in [0.4, 0.5) is 0 Å². The Morgan fingerprint density at radius 2 is 1.88 bits per heavy atom. The van der Waals surface area contributed by atoms with Crippen molar-refractivity contribution in [2.24, 2.45) is 0 Å². The Kier molecular flexibility index (Phi) is 7.06. The number of hydrogen-bond acceptors (Lipinski definition) is 3. The number of carbonyl (C=O) groups is 1. The number of hydrogen-bond donors (Lipinski definition) is 0. The van der Waals surface area contributed by atoms with Gasteiger partial charge in [-0.1, -0.05) is 23.2 Å². The fraction of sp³-hybridized carbons (Fsp3) is 0.632. The zero-order valence-corrected chi connectivity index (χ0v) is 17.9. The van der Waals surface area contributed by atoms with Crippen LogP contribution in [0.3, 0.4) is 0 Å². The van der Waals surface area contributed by atoms with Gasteiger partial charge in [-0.05, 0) is 62.0 Å². The second-order valence-electron chi connectivity index (χ2n) is 7.32. The number of likely N-dealkylation sites (tertiary alicyclic amines) is 1. The first-order valence-electron chi connectivity index (χ1n) is 9.22. The Hall–Kier alpha value is -0.130. The number of halogens is 3. The molecule has 2 atom stereocenters. The van der Waals surface area contributed by atoms with Crippen molar-refractivity contribution in [1.29, 1.82) is 0 Å². The number of thioether (sulfide) groups is 1. The molecule has 3 aliphatic rings. The van der Waals surface area contributed by atoms with Gasteiger partial charge in [0.1, 0.15) is 0 Å². The van der Waals surface area contributed by atoms with Crippen LogP contribution in [0.2, 0.25) is 10.0 Å². The molecule has 4 rings (SSSR count). The van der Waals surface area contributed by atoms with Crippen LogP contribution < -0.4 is 0 Å². The quantitative estimate of drug-likeness (QED) is 0.699. The molecule has 1 amide bonds. The first-order valence-corrected chi connectivity index (χ1v) is 11.1. The number of nitrogens with zero attached hydrogens (tertiary/aromatic N) is 2. The topological polar surface area (TPSA) is 23.6 Å². The van der Waals surface area contributed by atoms with E-state index in [9.17, 15) is 4.79 Å². The Bertz CT molecular complexity index is 666. The van der Waals surface area contributed by atoms with E-state index in [0.717, 1.165) is 43.0 Å². The van der Waals surface area contributed by atoms with Gasteiger partial charge in [0.2, 0.25) is 5.91 Å². The van der Waals surface area contributed by atoms with Crippen molar-refractivity contribution >= 4 is 53.3 Å². The molecule has 0 bridgehead atoms. The molecule has 2 fully saturated rings. The van der Waals surface area contributed by atoms with Crippen LogP contribution in [0.15, 0.2) is 12.1 Å². The fourth-order valence-electron chi connectivity index (χ4n) is 4.42. The first-order chi connectivity index (χ1) is 12.1. The van der Waals surface area contributed by atoms with Crippen molar-refractivity contribution in [2.45, 2.75) is 37.6 Å². The zero-order chi connectivity index (χ0) is 17.4. The second kappa shape index (κ2) is 8.91. The molecule has 0 saturated carbocycles. The van der Waals surface area contributed by atoms with Gasteiger partial charge < -0.3 is 9.80 Å². The van der Waals surface area contributed by atoms with Gasteiger partial charge in [-0.25, -0.2) is 0 Å². The third-order valence-corrected chi connectivity index (χ3v) is 7.55. The molecule has 2 unspecified atom stereocenters. The average molecular weight is 436 g/mol. The number of fused-ring (bicyclic) bond motifs is 1. The van der Waals surface area contributed by atoms with E-state index in [1.807, 2.05) is 23.9 Å².